The van der Waals surface area contributed by atoms with Crippen LogP contribution >= 0.6 is 15.9 Å². The average Bonchev–Trinajstić information content (AvgIpc) is 2.36. The molecule has 0 saturated carbocycles. The van der Waals surface area contributed by atoms with Crippen LogP contribution in [0, 0.1) is 0 Å². The zero-order chi connectivity index (χ0) is 13.9. The van der Waals surface area contributed by atoms with Crippen molar-refractivity contribution in [1.82, 2.24) is 4.98 Å². The molecule has 0 N–H and O–H groups in total. The van der Waals surface area contributed by atoms with Crippen molar-refractivity contribution in [2.24, 2.45) is 0 Å². The zero-order valence-electron chi connectivity index (χ0n) is 9.62. The monoisotopic (exact) mass is 331 g/mol. The second-order valence-electron chi connectivity index (χ2n) is 3.77. The Morgan fingerprint density at radius 1 is 1.16 bits per heavy atom. The minimum atomic E-state index is -4.53. The third kappa shape index (κ3) is 3.70. The lowest BCUT2D eigenvalue weighted by atomic mass is 10.2. The molecule has 2 aromatic rings. The zero-order valence-corrected chi connectivity index (χ0v) is 11.2. The normalized spacial score (nSPS) is 11.4. The molecule has 1 heterocycles. The van der Waals surface area contributed by atoms with Gasteiger partial charge < -0.3 is 4.74 Å². The first-order valence-corrected chi connectivity index (χ1v) is 6.15. The molecule has 1 aromatic carbocycles. The summed E-state index contributed by atoms with van der Waals surface area (Å²) in [5.41, 5.74) is -0.234. The van der Waals surface area contributed by atoms with Crippen LogP contribution in [0.25, 0.3) is 0 Å². The Kier molecular flexibility index (Phi) is 4.09. The molecule has 0 atom stereocenters. The molecule has 0 unspecified atom stereocenters. The first kappa shape index (κ1) is 13.9. The Hall–Kier alpha value is -1.56. The molecule has 0 aliphatic carbocycles. The highest BCUT2D eigenvalue weighted by Crippen LogP contribution is 2.36. The van der Waals surface area contributed by atoms with Crippen LogP contribution in [0.3, 0.4) is 0 Å². The lowest BCUT2D eigenvalue weighted by Gasteiger charge is -2.13. The van der Waals surface area contributed by atoms with Gasteiger partial charge in [0.15, 0.2) is 11.4 Å². The van der Waals surface area contributed by atoms with Gasteiger partial charge in [0, 0.05) is 10.7 Å². The van der Waals surface area contributed by atoms with Crippen molar-refractivity contribution in [2.45, 2.75) is 12.8 Å². The van der Waals surface area contributed by atoms with Crippen molar-refractivity contribution in [3.8, 4) is 5.75 Å². The first-order valence-electron chi connectivity index (χ1n) is 5.36. The van der Waals surface area contributed by atoms with E-state index in [4.69, 9.17) is 4.74 Å². The predicted octanol–water partition coefficient (Wildman–Crippen LogP) is 4.44. The van der Waals surface area contributed by atoms with E-state index in [2.05, 4.69) is 20.9 Å². The SMILES string of the molecule is FC(F)(F)c1ncc(Br)cc1OCc1ccccc1. The van der Waals surface area contributed by atoms with Crippen LogP contribution in [0.2, 0.25) is 0 Å². The van der Waals surface area contributed by atoms with Gasteiger partial charge in [0.05, 0.1) is 0 Å². The molecule has 0 aliphatic rings. The van der Waals surface area contributed by atoms with Crippen molar-refractivity contribution in [2.75, 3.05) is 0 Å². The highest BCUT2D eigenvalue weighted by molar-refractivity contribution is 9.10. The number of alkyl halides is 3. The van der Waals surface area contributed by atoms with Crippen LogP contribution in [-0.4, -0.2) is 4.98 Å². The summed E-state index contributed by atoms with van der Waals surface area (Å²) in [6.07, 6.45) is -3.44. The van der Waals surface area contributed by atoms with Crippen molar-refractivity contribution in [3.63, 3.8) is 0 Å². The fraction of sp³-hybridized carbons (Fsp3) is 0.154. The minimum absolute atomic E-state index is 0.0576. The van der Waals surface area contributed by atoms with E-state index in [0.717, 1.165) is 11.8 Å². The summed E-state index contributed by atoms with van der Waals surface area (Å²) in [6, 6.07) is 10.2. The fourth-order valence-electron chi connectivity index (χ4n) is 1.48. The Morgan fingerprint density at radius 3 is 2.47 bits per heavy atom. The smallest absolute Gasteiger partial charge is 0.437 e. The molecule has 0 fully saturated rings. The Morgan fingerprint density at radius 2 is 1.84 bits per heavy atom. The lowest BCUT2D eigenvalue weighted by Crippen LogP contribution is -2.11. The van der Waals surface area contributed by atoms with Crippen LogP contribution in [0.15, 0.2) is 47.1 Å². The second kappa shape index (κ2) is 5.61. The van der Waals surface area contributed by atoms with E-state index < -0.39 is 11.9 Å². The van der Waals surface area contributed by atoms with E-state index >= 15 is 0 Å². The third-order valence-corrected chi connectivity index (χ3v) is 2.76. The maximum atomic E-state index is 12.7. The largest absolute Gasteiger partial charge is 0.487 e. The van der Waals surface area contributed by atoms with Gasteiger partial charge in [0.2, 0.25) is 0 Å². The lowest BCUT2D eigenvalue weighted by molar-refractivity contribution is -0.142. The second-order valence-corrected chi connectivity index (χ2v) is 4.69. The van der Waals surface area contributed by atoms with E-state index in [0.29, 0.717) is 4.47 Å². The first-order chi connectivity index (χ1) is 8.97. The van der Waals surface area contributed by atoms with Gasteiger partial charge in [-0.2, -0.15) is 13.2 Å². The molecule has 100 valence electrons. The molecular weight excluding hydrogens is 323 g/mol. The molecule has 0 radical (unpaired) electrons. The van der Waals surface area contributed by atoms with Crippen molar-refractivity contribution >= 4 is 15.9 Å². The molecule has 1 aromatic heterocycles. The highest BCUT2D eigenvalue weighted by Gasteiger charge is 2.36. The van der Waals surface area contributed by atoms with Gasteiger partial charge in [0.25, 0.3) is 0 Å². The molecular formula is C13H9BrF3NO. The van der Waals surface area contributed by atoms with E-state index in [1.807, 2.05) is 6.07 Å². The third-order valence-electron chi connectivity index (χ3n) is 2.33. The number of ether oxygens (including phenoxy) is 1. The van der Waals surface area contributed by atoms with E-state index in [9.17, 15) is 13.2 Å². The summed E-state index contributed by atoms with van der Waals surface area (Å²) < 4.78 is 43.9. The van der Waals surface area contributed by atoms with Crippen LogP contribution < -0.4 is 4.74 Å². The molecule has 0 amide bonds. The summed E-state index contributed by atoms with van der Waals surface area (Å²) in [4.78, 5) is 3.36. The molecule has 0 spiro atoms. The van der Waals surface area contributed by atoms with Crippen LogP contribution in [-0.2, 0) is 12.8 Å². The minimum Gasteiger partial charge on any atom is -0.487 e. The molecule has 2 rings (SSSR count). The Balaban J connectivity index is 2.22. The predicted molar refractivity (Wildman–Crippen MR) is 67.7 cm³/mol. The topological polar surface area (TPSA) is 22.1 Å². The van der Waals surface area contributed by atoms with Gasteiger partial charge >= 0.3 is 6.18 Å². The van der Waals surface area contributed by atoms with Gasteiger partial charge in [-0.25, -0.2) is 4.98 Å². The number of aromatic nitrogens is 1. The summed E-state index contributed by atoms with van der Waals surface area (Å²) in [6.45, 7) is 0.0576. The van der Waals surface area contributed by atoms with Crippen LogP contribution in [0.4, 0.5) is 13.2 Å². The number of halogens is 4. The summed E-state index contributed by atoms with van der Waals surface area (Å²) >= 11 is 3.08. The summed E-state index contributed by atoms with van der Waals surface area (Å²) in [5.74, 6) is -0.286. The van der Waals surface area contributed by atoms with Crippen molar-refractivity contribution < 1.29 is 17.9 Å². The van der Waals surface area contributed by atoms with E-state index in [-0.39, 0.29) is 12.4 Å². The summed E-state index contributed by atoms with van der Waals surface area (Å²) in [5, 5.41) is 0. The van der Waals surface area contributed by atoms with Gasteiger partial charge in [0.1, 0.15) is 6.61 Å². The van der Waals surface area contributed by atoms with Crippen molar-refractivity contribution in [3.05, 3.63) is 58.3 Å². The number of rotatable bonds is 3. The Bertz CT molecular complexity index is 558. The highest BCUT2D eigenvalue weighted by atomic mass is 79.9. The Labute approximate surface area is 116 Å². The summed E-state index contributed by atoms with van der Waals surface area (Å²) in [7, 11) is 0. The quantitative estimate of drug-likeness (QED) is 0.829. The molecule has 0 aliphatic heterocycles. The van der Waals surface area contributed by atoms with Gasteiger partial charge in [-0.05, 0) is 27.6 Å². The van der Waals surface area contributed by atoms with Crippen LogP contribution in [0.1, 0.15) is 11.3 Å². The van der Waals surface area contributed by atoms with E-state index in [1.54, 1.807) is 24.3 Å². The number of pyridine rings is 1. The molecule has 0 saturated heterocycles. The van der Waals surface area contributed by atoms with E-state index in [1.165, 1.54) is 6.07 Å². The molecule has 19 heavy (non-hydrogen) atoms. The number of benzene rings is 1. The standard InChI is InChI=1S/C13H9BrF3NO/c14-10-6-11(12(18-7-10)13(15,16)17)19-8-9-4-2-1-3-5-9/h1-7H,8H2. The molecule has 0 bridgehead atoms. The maximum Gasteiger partial charge on any atom is 0.437 e. The van der Waals surface area contributed by atoms with Crippen molar-refractivity contribution in [1.29, 1.82) is 0 Å². The maximum absolute atomic E-state index is 12.7. The average molecular weight is 332 g/mol. The number of nitrogens with zero attached hydrogens (tertiary/aromatic N) is 1. The van der Waals surface area contributed by atoms with Gasteiger partial charge in [-0.3, -0.25) is 0 Å². The number of hydrogen-bond donors (Lipinski definition) is 0. The van der Waals surface area contributed by atoms with Gasteiger partial charge in [-0.1, -0.05) is 30.3 Å². The fourth-order valence-corrected chi connectivity index (χ4v) is 1.79. The van der Waals surface area contributed by atoms with Crippen LogP contribution in [0.5, 0.6) is 5.75 Å². The number of hydrogen-bond acceptors (Lipinski definition) is 2. The molecule has 2 nitrogen and oxygen atoms in total. The molecule has 6 heteroatoms. The van der Waals surface area contributed by atoms with Gasteiger partial charge in [-0.15, -0.1) is 0 Å².